The number of fused-ring (bicyclic) bond motifs is 1. The van der Waals surface area contributed by atoms with Gasteiger partial charge in [0.1, 0.15) is 5.82 Å². The van der Waals surface area contributed by atoms with Crippen LogP contribution in [0.1, 0.15) is 11.3 Å². The van der Waals surface area contributed by atoms with Crippen molar-refractivity contribution in [2.24, 2.45) is 0 Å². The van der Waals surface area contributed by atoms with E-state index in [1.165, 1.54) is 11.3 Å². The minimum Gasteiger partial charge on any atom is -0.326 e. The Morgan fingerprint density at radius 1 is 1.14 bits per heavy atom. The van der Waals surface area contributed by atoms with Crippen LogP contribution in [0.4, 0.5) is 23.2 Å². The van der Waals surface area contributed by atoms with Crippen LogP contribution < -0.4 is 5.32 Å². The lowest BCUT2D eigenvalue weighted by Crippen LogP contribution is -2.16. The Hall–Kier alpha value is -3.20. The number of nitrogens with zero attached hydrogens (tertiary/aromatic N) is 2. The highest BCUT2D eigenvalue weighted by atomic mass is 32.1. The molecule has 4 aromatic rings. The Labute approximate surface area is 166 Å². The molecule has 0 saturated carbocycles. The van der Waals surface area contributed by atoms with E-state index in [0.29, 0.717) is 22.8 Å². The van der Waals surface area contributed by atoms with Gasteiger partial charge >= 0.3 is 6.18 Å². The highest BCUT2D eigenvalue weighted by Gasteiger charge is 2.34. The maximum absolute atomic E-state index is 13.4. The molecule has 0 aliphatic rings. The standard InChI is InChI=1S/C20H13F4N3OS/c21-16-7-6-13(8-15(16)20(22,23)24)25-18(28)9-14-11-29-19-26-17(10-27(14)19)12-4-2-1-3-5-12/h1-8,10-11H,9H2,(H,25,28). The SMILES string of the molecule is O=C(Cc1csc2nc(-c3ccccc3)cn12)Nc1ccc(F)c(C(F)(F)F)c1. The first kappa shape index (κ1) is 19.1. The number of hydrogen-bond acceptors (Lipinski definition) is 3. The Morgan fingerprint density at radius 2 is 1.90 bits per heavy atom. The van der Waals surface area contributed by atoms with Gasteiger partial charge in [-0.2, -0.15) is 13.2 Å². The van der Waals surface area contributed by atoms with E-state index in [0.717, 1.165) is 17.3 Å². The van der Waals surface area contributed by atoms with Gasteiger partial charge < -0.3 is 5.32 Å². The number of carbonyl (C=O) groups is 1. The second-order valence-corrected chi connectivity index (χ2v) is 7.13. The number of nitrogens with one attached hydrogen (secondary N) is 1. The maximum Gasteiger partial charge on any atom is 0.419 e. The van der Waals surface area contributed by atoms with Crippen molar-refractivity contribution in [3.63, 3.8) is 0 Å². The third-order valence-electron chi connectivity index (χ3n) is 4.25. The largest absolute Gasteiger partial charge is 0.419 e. The molecule has 0 atom stereocenters. The van der Waals surface area contributed by atoms with Gasteiger partial charge in [-0.15, -0.1) is 11.3 Å². The number of rotatable bonds is 4. The van der Waals surface area contributed by atoms with Crippen LogP contribution in [0.15, 0.2) is 60.1 Å². The molecule has 9 heteroatoms. The van der Waals surface area contributed by atoms with Crippen LogP contribution >= 0.6 is 11.3 Å². The van der Waals surface area contributed by atoms with Gasteiger partial charge in [0.15, 0.2) is 4.96 Å². The van der Waals surface area contributed by atoms with E-state index in [-0.39, 0.29) is 12.1 Å². The van der Waals surface area contributed by atoms with Crippen LogP contribution in [-0.4, -0.2) is 15.3 Å². The van der Waals surface area contributed by atoms with Gasteiger partial charge in [0.2, 0.25) is 5.91 Å². The summed E-state index contributed by atoms with van der Waals surface area (Å²) in [5.41, 5.74) is 0.800. The van der Waals surface area contributed by atoms with Crippen molar-refractivity contribution in [3.05, 3.63) is 77.2 Å². The number of halogens is 4. The fourth-order valence-corrected chi connectivity index (χ4v) is 3.77. The number of aromatic nitrogens is 2. The lowest BCUT2D eigenvalue weighted by molar-refractivity contribution is -0.140. The number of carbonyl (C=O) groups excluding carboxylic acids is 1. The topological polar surface area (TPSA) is 46.4 Å². The van der Waals surface area contributed by atoms with Gasteiger partial charge in [-0.05, 0) is 18.2 Å². The summed E-state index contributed by atoms with van der Waals surface area (Å²) in [6.45, 7) is 0. The van der Waals surface area contributed by atoms with Crippen LogP contribution in [0.5, 0.6) is 0 Å². The zero-order valence-electron chi connectivity index (χ0n) is 14.7. The molecule has 4 nitrogen and oxygen atoms in total. The summed E-state index contributed by atoms with van der Waals surface area (Å²) in [6, 6.07) is 11.9. The molecule has 2 aromatic heterocycles. The first-order valence-corrected chi connectivity index (χ1v) is 9.37. The zero-order chi connectivity index (χ0) is 20.6. The number of amides is 1. The molecule has 4 rings (SSSR count). The van der Waals surface area contributed by atoms with E-state index in [2.05, 4.69) is 10.3 Å². The summed E-state index contributed by atoms with van der Waals surface area (Å²) in [5, 5.41) is 4.15. The van der Waals surface area contributed by atoms with Gasteiger partial charge in [-0.3, -0.25) is 9.20 Å². The van der Waals surface area contributed by atoms with E-state index in [1.54, 1.807) is 9.78 Å². The third-order valence-corrected chi connectivity index (χ3v) is 5.14. The molecule has 0 radical (unpaired) electrons. The average Bonchev–Trinajstić information content (AvgIpc) is 3.25. The number of benzene rings is 2. The number of imidazole rings is 1. The molecule has 2 aromatic carbocycles. The van der Waals surface area contributed by atoms with Gasteiger partial charge in [-0.25, -0.2) is 9.37 Å². The molecule has 1 amide bonds. The first-order valence-electron chi connectivity index (χ1n) is 8.49. The van der Waals surface area contributed by atoms with Crippen LogP contribution in [0.25, 0.3) is 16.2 Å². The molecule has 0 unspecified atom stereocenters. The summed E-state index contributed by atoms with van der Waals surface area (Å²) >= 11 is 1.36. The van der Waals surface area contributed by atoms with Gasteiger partial charge in [-0.1, -0.05) is 30.3 Å². The monoisotopic (exact) mass is 419 g/mol. The second-order valence-electron chi connectivity index (χ2n) is 6.29. The summed E-state index contributed by atoms with van der Waals surface area (Å²) in [4.78, 5) is 17.6. The molecule has 0 aliphatic heterocycles. The molecule has 148 valence electrons. The smallest absolute Gasteiger partial charge is 0.326 e. The van der Waals surface area contributed by atoms with Crippen molar-refractivity contribution in [3.8, 4) is 11.3 Å². The molecule has 0 saturated heterocycles. The third kappa shape index (κ3) is 4.00. The Bertz CT molecular complexity index is 1180. The Balaban J connectivity index is 1.53. The number of anilines is 1. The molecule has 2 heterocycles. The lowest BCUT2D eigenvalue weighted by Gasteiger charge is -2.11. The number of thiazole rings is 1. The van der Waals surface area contributed by atoms with Crippen LogP contribution in [-0.2, 0) is 17.4 Å². The van der Waals surface area contributed by atoms with E-state index in [4.69, 9.17) is 0 Å². The molecule has 1 N–H and O–H groups in total. The molecule has 0 spiro atoms. The van der Waals surface area contributed by atoms with E-state index in [9.17, 15) is 22.4 Å². The van der Waals surface area contributed by atoms with E-state index >= 15 is 0 Å². The fraction of sp³-hybridized carbons (Fsp3) is 0.100. The Kier molecular flexibility index (Phi) is 4.83. The molecular weight excluding hydrogens is 406 g/mol. The van der Waals surface area contributed by atoms with E-state index < -0.39 is 23.5 Å². The summed E-state index contributed by atoms with van der Waals surface area (Å²) in [7, 11) is 0. The van der Waals surface area contributed by atoms with Crippen LogP contribution in [0.2, 0.25) is 0 Å². The predicted octanol–water partition coefficient (Wildman–Crippen LogP) is 5.40. The van der Waals surface area contributed by atoms with Crippen molar-refractivity contribution in [2.45, 2.75) is 12.6 Å². The van der Waals surface area contributed by atoms with Crippen LogP contribution in [0.3, 0.4) is 0 Å². The summed E-state index contributed by atoms with van der Waals surface area (Å²) in [5.74, 6) is -1.90. The summed E-state index contributed by atoms with van der Waals surface area (Å²) in [6.07, 6.45) is -3.10. The van der Waals surface area contributed by atoms with Crippen molar-refractivity contribution >= 4 is 27.9 Å². The van der Waals surface area contributed by atoms with Gasteiger partial charge in [0.25, 0.3) is 0 Å². The highest BCUT2D eigenvalue weighted by Crippen LogP contribution is 2.33. The number of hydrogen-bond donors (Lipinski definition) is 1. The molecule has 0 bridgehead atoms. The van der Waals surface area contributed by atoms with E-state index in [1.807, 2.05) is 36.5 Å². The van der Waals surface area contributed by atoms with Gasteiger partial charge in [0.05, 0.1) is 17.7 Å². The predicted molar refractivity (Wildman–Crippen MR) is 102 cm³/mol. The molecule has 0 fully saturated rings. The van der Waals surface area contributed by atoms with Crippen molar-refractivity contribution < 1.29 is 22.4 Å². The van der Waals surface area contributed by atoms with Crippen molar-refractivity contribution in [1.29, 1.82) is 0 Å². The van der Waals surface area contributed by atoms with Crippen LogP contribution in [0, 0.1) is 5.82 Å². The Morgan fingerprint density at radius 3 is 2.62 bits per heavy atom. The van der Waals surface area contributed by atoms with Gasteiger partial charge in [0, 0.05) is 28.5 Å². The highest BCUT2D eigenvalue weighted by molar-refractivity contribution is 7.15. The average molecular weight is 419 g/mol. The molecular formula is C20H13F4N3OS. The van der Waals surface area contributed by atoms with Crippen molar-refractivity contribution in [2.75, 3.05) is 5.32 Å². The lowest BCUT2D eigenvalue weighted by atomic mass is 10.1. The van der Waals surface area contributed by atoms with Crippen molar-refractivity contribution in [1.82, 2.24) is 9.38 Å². The first-order chi connectivity index (χ1) is 13.8. The zero-order valence-corrected chi connectivity index (χ0v) is 15.5. The normalized spacial score (nSPS) is 11.7. The quantitative estimate of drug-likeness (QED) is 0.450. The maximum atomic E-state index is 13.4. The molecule has 0 aliphatic carbocycles. The fourth-order valence-electron chi connectivity index (χ4n) is 2.89. The number of alkyl halides is 3. The summed E-state index contributed by atoms with van der Waals surface area (Å²) < 4.78 is 53.6. The minimum atomic E-state index is -4.84. The second kappa shape index (κ2) is 7.32. The molecule has 29 heavy (non-hydrogen) atoms. The minimum absolute atomic E-state index is 0.0662.